The molecule has 0 aromatic carbocycles. The minimum atomic E-state index is -1.58. The molecule has 3 heterocycles. The van der Waals surface area contributed by atoms with Crippen molar-refractivity contribution >= 4 is 18.2 Å². The lowest BCUT2D eigenvalue weighted by Gasteiger charge is -2.62. The first kappa shape index (κ1) is 39.2. The van der Waals surface area contributed by atoms with Crippen LogP contribution in [0.1, 0.15) is 78.6 Å². The smallest absolute Gasteiger partial charge is 0.331 e. The zero-order chi connectivity index (χ0) is 38.0. The van der Waals surface area contributed by atoms with Crippen LogP contribution in [0, 0.1) is 34.5 Å². The first-order valence-electron chi connectivity index (χ1n) is 19.2. The van der Waals surface area contributed by atoms with Gasteiger partial charge in [0.15, 0.2) is 12.6 Å². The molecule has 18 atom stereocenters. The SMILES string of the molecule is CO[C@H]1C[C@H](O[C@H]2CC[C@@]3(C=O)[C@H](CC[C@@H]4[C@@H]3CC[C@]3(C)[C@@H](C5=CC(=O)OC5)[C@@H](OC(C)=O)C[C@]43O)C2)O[C@@H](C)[C@H]1O[C@@H]1O[C@H](CO)[C@@H](O)[C@H](O)[C@H]1O. The van der Waals surface area contributed by atoms with E-state index in [1.165, 1.54) is 20.1 Å². The predicted octanol–water partition coefficient (Wildman–Crippen LogP) is 0.684. The summed E-state index contributed by atoms with van der Waals surface area (Å²) in [6.45, 7) is 4.73. The minimum Gasteiger partial charge on any atom is -0.462 e. The van der Waals surface area contributed by atoms with Crippen molar-refractivity contribution in [2.45, 2.75) is 152 Å². The number of carbonyl (C=O) groups is 3. The Hall–Kier alpha value is -2.05. The third-order valence-electron chi connectivity index (χ3n) is 14.4. The summed E-state index contributed by atoms with van der Waals surface area (Å²) in [5, 5.41) is 53.3. The van der Waals surface area contributed by atoms with Crippen molar-refractivity contribution in [2.24, 2.45) is 34.5 Å². The molecule has 0 spiro atoms. The molecule has 0 aromatic heterocycles. The van der Waals surface area contributed by atoms with Crippen LogP contribution in [-0.4, -0.2) is 137 Å². The van der Waals surface area contributed by atoms with Gasteiger partial charge in [-0.25, -0.2) is 4.79 Å². The lowest BCUT2D eigenvalue weighted by atomic mass is 9.43. The van der Waals surface area contributed by atoms with Crippen molar-refractivity contribution in [2.75, 3.05) is 20.3 Å². The number of aliphatic hydroxyl groups excluding tert-OH is 4. The Morgan fingerprint density at radius 2 is 1.77 bits per heavy atom. The number of hydrogen-bond acceptors (Lipinski definition) is 15. The highest BCUT2D eigenvalue weighted by molar-refractivity contribution is 5.85. The van der Waals surface area contributed by atoms with Crippen molar-refractivity contribution in [1.82, 2.24) is 0 Å². The summed E-state index contributed by atoms with van der Waals surface area (Å²) < 4.78 is 41.3. The molecule has 6 fully saturated rings. The summed E-state index contributed by atoms with van der Waals surface area (Å²) in [6, 6.07) is 0. The molecule has 4 aliphatic carbocycles. The summed E-state index contributed by atoms with van der Waals surface area (Å²) in [7, 11) is 1.53. The molecule has 298 valence electrons. The van der Waals surface area contributed by atoms with E-state index >= 15 is 0 Å². The van der Waals surface area contributed by atoms with Crippen LogP contribution < -0.4 is 0 Å². The number of aliphatic hydroxyl groups is 5. The molecule has 0 unspecified atom stereocenters. The Balaban J connectivity index is 1.02. The summed E-state index contributed by atoms with van der Waals surface area (Å²) in [5.41, 5.74) is -1.78. The van der Waals surface area contributed by atoms with E-state index in [1.807, 2.05) is 6.92 Å². The van der Waals surface area contributed by atoms with Gasteiger partial charge in [0, 0.05) is 49.7 Å². The summed E-state index contributed by atoms with van der Waals surface area (Å²) in [4.78, 5) is 37.7. The van der Waals surface area contributed by atoms with Gasteiger partial charge >= 0.3 is 11.9 Å². The van der Waals surface area contributed by atoms with Crippen LogP contribution in [0.5, 0.6) is 0 Å². The van der Waals surface area contributed by atoms with E-state index in [0.717, 1.165) is 24.7 Å². The van der Waals surface area contributed by atoms with Gasteiger partial charge in [0.05, 0.1) is 30.5 Å². The lowest BCUT2D eigenvalue weighted by molar-refractivity contribution is -0.345. The maximum absolute atomic E-state index is 13.3. The molecule has 0 bridgehead atoms. The van der Waals surface area contributed by atoms with Crippen molar-refractivity contribution < 1.29 is 73.1 Å². The summed E-state index contributed by atoms with van der Waals surface area (Å²) in [6.07, 6.45) is -2.54. The van der Waals surface area contributed by atoms with Gasteiger partial charge in [-0.3, -0.25) is 4.79 Å². The molecule has 53 heavy (non-hydrogen) atoms. The fourth-order valence-electron chi connectivity index (χ4n) is 11.9. The number of rotatable bonds is 9. The number of aldehydes is 1. The number of fused-ring (bicyclic) bond motifs is 5. The van der Waals surface area contributed by atoms with E-state index in [-0.39, 0.29) is 42.8 Å². The highest BCUT2D eigenvalue weighted by Gasteiger charge is 2.71. The summed E-state index contributed by atoms with van der Waals surface area (Å²) in [5.74, 6) is -1.44. The van der Waals surface area contributed by atoms with Gasteiger partial charge in [0.25, 0.3) is 0 Å². The average Bonchev–Trinajstić information content (AvgIpc) is 3.64. The Kier molecular flexibility index (Phi) is 10.9. The van der Waals surface area contributed by atoms with Crippen molar-refractivity contribution in [3.8, 4) is 0 Å². The van der Waals surface area contributed by atoms with E-state index in [0.29, 0.717) is 38.5 Å². The maximum Gasteiger partial charge on any atom is 0.331 e. The van der Waals surface area contributed by atoms with Crippen molar-refractivity contribution in [3.63, 3.8) is 0 Å². The van der Waals surface area contributed by atoms with Crippen LogP contribution in [0.15, 0.2) is 11.6 Å². The van der Waals surface area contributed by atoms with Crippen LogP contribution in [0.2, 0.25) is 0 Å². The van der Waals surface area contributed by atoms with Gasteiger partial charge in [0.2, 0.25) is 0 Å². The van der Waals surface area contributed by atoms with Gasteiger partial charge in [-0.2, -0.15) is 0 Å². The summed E-state index contributed by atoms with van der Waals surface area (Å²) >= 11 is 0. The van der Waals surface area contributed by atoms with Crippen LogP contribution in [0.4, 0.5) is 0 Å². The molecule has 15 heteroatoms. The number of carbonyl (C=O) groups excluding carboxylic acids is 3. The van der Waals surface area contributed by atoms with Crippen LogP contribution in [0.3, 0.4) is 0 Å². The van der Waals surface area contributed by atoms with Gasteiger partial charge in [-0.1, -0.05) is 6.92 Å². The van der Waals surface area contributed by atoms with E-state index in [1.54, 1.807) is 6.92 Å². The van der Waals surface area contributed by atoms with Crippen LogP contribution in [0.25, 0.3) is 0 Å². The molecule has 5 N–H and O–H groups in total. The van der Waals surface area contributed by atoms with Crippen molar-refractivity contribution in [1.29, 1.82) is 0 Å². The molecule has 2 saturated heterocycles. The number of ether oxygens (including phenoxy) is 7. The topological polar surface area (TPSA) is 217 Å². The zero-order valence-electron chi connectivity index (χ0n) is 30.9. The first-order valence-corrected chi connectivity index (χ1v) is 19.2. The van der Waals surface area contributed by atoms with Gasteiger partial charge in [-0.05, 0) is 75.2 Å². The molecule has 15 nitrogen and oxygen atoms in total. The third-order valence-corrected chi connectivity index (χ3v) is 14.4. The van der Waals surface area contributed by atoms with Crippen molar-refractivity contribution in [3.05, 3.63) is 11.6 Å². The fraction of sp³-hybridized carbons (Fsp3) is 0.868. The molecule has 0 amide bonds. The number of esters is 2. The Morgan fingerprint density at radius 1 is 1.00 bits per heavy atom. The van der Waals surface area contributed by atoms with Crippen LogP contribution in [-0.2, 0) is 47.5 Å². The molecule has 0 radical (unpaired) electrons. The predicted molar refractivity (Wildman–Crippen MR) is 180 cm³/mol. The second kappa shape index (κ2) is 14.8. The second-order valence-electron chi connectivity index (χ2n) is 16.9. The monoisotopic (exact) mass is 752 g/mol. The molecular formula is C38H56O15. The average molecular weight is 753 g/mol. The van der Waals surface area contributed by atoms with E-state index in [2.05, 4.69) is 0 Å². The second-order valence-corrected chi connectivity index (χ2v) is 16.9. The van der Waals surface area contributed by atoms with E-state index < -0.39 is 96.4 Å². The molecule has 3 aliphatic heterocycles. The molecule has 0 aromatic rings. The Bertz CT molecular complexity index is 1420. The Morgan fingerprint density at radius 3 is 2.43 bits per heavy atom. The zero-order valence-corrected chi connectivity index (χ0v) is 30.9. The van der Waals surface area contributed by atoms with Gasteiger partial charge in [0.1, 0.15) is 49.5 Å². The first-order chi connectivity index (χ1) is 25.2. The molecule has 7 aliphatic rings. The number of methoxy groups -OCH3 is 1. The minimum absolute atomic E-state index is 0.0412. The lowest BCUT2D eigenvalue weighted by Crippen LogP contribution is -2.63. The highest BCUT2D eigenvalue weighted by atomic mass is 16.7. The molecule has 7 rings (SSSR count). The highest BCUT2D eigenvalue weighted by Crippen LogP contribution is 2.70. The third kappa shape index (κ3) is 6.50. The van der Waals surface area contributed by atoms with Crippen LogP contribution >= 0.6 is 0 Å². The standard InChI is InChI=1S/C38H56O15/c1-18-34(53-35-33(45)32(44)31(43)27(15-39)52-35)25(47-4)13-29(49-18)51-22-7-10-37(17-40)21(12-22)5-6-24-23(37)8-9-36(3)30(20-11-28(42)48-16-20)26(50-19(2)41)14-38(24,36)46/h11,17-18,21-27,29-35,39,43-46H,5-10,12-16H2,1-4H3/t18-,21+,22-,23-,24+,25-,26-,27+,29-,30-,31+,32-,33+,34+,35-,36+,37+,38-/m0/s1. The fourth-order valence-corrected chi connectivity index (χ4v) is 11.9. The Labute approximate surface area is 309 Å². The van der Waals surface area contributed by atoms with E-state index in [4.69, 9.17) is 33.2 Å². The molecular weight excluding hydrogens is 696 g/mol. The van der Waals surface area contributed by atoms with Gasteiger partial charge in [-0.15, -0.1) is 0 Å². The maximum atomic E-state index is 13.3. The van der Waals surface area contributed by atoms with Gasteiger partial charge < -0.3 is 63.5 Å². The normalized spacial score (nSPS) is 51.0. The van der Waals surface area contributed by atoms with E-state index in [9.17, 15) is 39.9 Å². The molecule has 4 saturated carbocycles. The largest absolute Gasteiger partial charge is 0.462 e. The number of hydrogen-bond donors (Lipinski definition) is 5. The number of cyclic esters (lactones) is 1. The quantitative estimate of drug-likeness (QED) is 0.124.